The van der Waals surface area contributed by atoms with Crippen LogP contribution in [0.3, 0.4) is 0 Å². The van der Waals surface area contributed by atoms with Crippen LogP contribution in [-0.2, 0) is 0 Å². The summed E-state index contributed by atoms with van der Waals surface area (Å²) < 4.78 is 6.96. The second-order valence-corrected chi connectivity index (χ2v) is 6.43. The molecule has 0 aliphatic rings. The maximum Gasteiger partial charge on any atom is 0.120 e. The van der Waals surface area contributed by atoms with Gasteiger partial charge in [0, 0.05) is 10.5 Å². The van der Waals surface area contributed by atoms with Crippen molar-refractivity contribution in [2.75, 3.05) is 13.2 Å². The predicted molar refractivity (Wildman–Crippen MR) is 95.1 cm³/mol. The third-order valence-electron chi connectivity index (χ3n) is 3.72. The lowest BCUT2D eigenvalue weighted by Crippen LogP contribution is -2.18. The van der Waals surface area contributed by atoms with Crippen molar-refractivity contribution in [2.24, 2.45) is 0 Å². The minimum Gasteiger partial charge on any atom is -0.494 e. The lowest BCUT2D eigenvalue weighted by Gasteiger charge is -2.15. The SMILES string of the molecule is CCCCCCCCOc1ccc(C(C)NCC)c(Br)c1. The molecule has 0 aliphatic heterocycles. The van der Waals surface area contributed by atoms with Gasteiger partial charge in [-0.1, -0.05) is 67.9 Å². The van der Waals surface area contributed by atoms with Gasteiger partial charge < -0.3 is 10.1 Å². The van der Waals surface area contributed by atoms with Gasteiger partial charge >= 0.3 is 0 Å². The number of unbranched alkanes of at least 4 members (excludes halogenated alkanes) is 5. The van der Waals surface area contributed by atoms with Gasteiger partial charge in [0.05, 0.1) is 6.61 Å². The summed E-state index contributed by atoms with van der Waals surface area (Å²) in [6.07, 6.45) is 7.79. The normalized spacial score (nSPS) is 12.4. The van der Waals surface area contributed by atoms with Crippen molar-refractivity contribution in [1.29, 1.82) is 0 Å². The van der Waals surface area contributed by atoms with Crippen molar-refractivity contribution in [2.45, 2.75) is 65.3 Å². The van der Waals surface area contributed by atoms with E-state index in [1.54, 1.807) is 0 Å². The molecule has 0 spiro atoms. The third-order valence-corrected chi connectivity index (χ3v) is 4.40. The number of nitrogens with one attached hydrogen (secondary N) is 1. The molecule has 1 aromatic rings. The molecule has 0 heterocycles. The molecule has 21 heavy (non-hydrogen) atoms. The van der Waals surface area contributed by atoms with Crippen LogP contribution >= 0.6 is 15.9 Å². The van der Waals surface area contributed by atoms with Gasteiger partial charge in [0.15, 0.2) is 0 Å². The van der Waals surface area contributed by atoms with Crippen LogP contribution in [0.1, 0.15) is 70.9 Å². The number of ether oxygens (including phenoxy) is 1. The van der Waals surface area contributed by atoms with E-state index in [2.05, 4.69) is 60.2 Å². The zero-order valence-corrected chi connectivity index (χ0v) is 15.3. The Labute approximate surface area is 138 Å². The predicted octanol–water partition coefficient (Wildman–Crippen LogP) is 5.86. The van der Waals surface area contributed by atoms with Crippen molar-refractivity contribution in [1.82, 2.24) is 5.32 Å². The van der Waals surface area contributed by atoms with E-state index >= 15 is 0 Å². The molecule has 1 N–H and O–H groups in total. The monoisotopic (exact) mass is 355 g/mol. The summed E-state index contributed by atoms with van der Waals surface area (Å²) >= 11 is 3.65. The maximum atomic E-state index is 5.84. The van der Waals surface area contributed by atoms with Crippen molar-refractivity contribution in [3.05, 3.63) is 28.2 Å². The van der Waals surface area contributed by atoms with Gasteiger partial charge in [-0.05, 0) is 37.6 Å². The summed E-state index contributed by atoms with van der Waals surface area (Å²) in [5, 5.41) is 3.43. The molecule has 1 aromatic carbocycles. The molecule has 0 fully saturated rings. The molecule has 2 nitrogen and oxygen atoms in total. The third kappa shape index (κ3) is 7.32. The Bertz CT molecular complexity index is 395. The van der Waals surface area contributed by atoms with Crippen molar-refractivity contribution in [3.8, 4) is 5.75 Å². The lowest BCUT2D eigenvalue weighted by atomic mass is 10.1. The van der Waals surface area contributed by atoms with Crippen LogP contribution in [0.25, 0.3) is 0 Å². The van der Waals surface area contributed by atoms with E-state index in [4.69, 9.17) is 4.74 Å². The Hall–Kier alpha value is -0.540. The average Bonchev–Trinajstić information content (AvgIpc) is 2.46. The molecule has 1 atom stereocenters. The molecule has 0 aromatic heterocycles. The van der Waals surface area contributed by atoms with Crippen molar-refractivity contribution < 1.29 is 4.74 Å². The Kier molecular flexibility index (Phi) is 9.77. The Morgan fingerprint density at radius 1 is 1.10 bits per heavy atom. The highest BCUT2D eigenvalue weighted by Gasteiger charge is 2.09. The first-order chi connectivity index (χ1) is 10.2. The van der Waals surface area contributed by atoms with Crippen LogP contribution in [0, 0.1) is 0 Å². The molecular formula is C18H30BrNO. The average molecular weight is 356 g/mol. The standard InChI is InChI=1S/C18H30BrNO/c1-4-6-7-8-9-10-13-21-16-11-12-17(18(19)14-16)15(3)20-5-2/h11-12,14-15,20H,4-10,13H2,1-3H3. The summed E-state index contributed by atoms with van der Waals surface area (Å²) in [7, 11) is 0. The molecule has 0 amide bonds. The molecule has 0 bridgehead atoms. The highest BCUT2D eigenvalue weighted by Crippen LogP contribution is 2.27. The Balaban J connectivity index is 2.31. The quantitative estimate of drug-likeness (QED) is 0.502. The summed E-state index contributed by atoms with van der Waals surface area (Å²) in [6, 6.07) is 6.66. The summed E-state index contributed by atoms with van der Waals surface area (Å²) in [5.74, 6) is 0.961. The second kappa shape index (κ2) is 11.1. The van der Waals surface area contributed by atoms with Gasteiger partial charge in [0.25, 0.3) is 0 Å². The molecule has 0 aliphatic carbocycles. The fourth-order valence-electron chi connectivity index (χ4n) is 2.44. The van der Waals surface area contributed by atoms with Gasteiger partial charge in [-0.15, -0.1) is 0 Å². The largest absolute Gasteiger partial charge is 0.494 e. The number of benzene rings is 1. The number of rotatable bonds is 11. The Morgan fingerprint density at radius 3 is 2.48 bits per heavy atom. The van der Waals surface area contributed by atoms with Crippen LogP contribution < -0.4 is 10.1 Å². The van der Waals surface area contributed by atoms with Crippen LogP contribution in [-0.4, -0.2) is 13.2 Å². The highest BCUT2D eigenvalue weighted by atomic mass is 79.9. The zero-order chi connectivity index (χ0) is 15.5. The van der Waals surface area contributed by atoms with Crippen molar-refractivity contribution in [3.63, 3.8) is 0 Å². The lowest BCUT2D eigenvalue weighted by molar-refractivity contribution is 0.304. The summed E-state index contributed by atoms with van der Waals surface area (Å²) in [4.78, 5) is 0. The van der Waals surface area contributed by atoms with Crippen molar-refractivity contribution >= 4 is 15.9 Å². The van der Waals surface area contributed by atoms with Crippen LogP contribution in [0.2, 0.25) is 0 Å². The number of hydrogen-bond acceptors (Lipinski definition) is 2. The first-order valence-electron chi connectivity index (χ1n) is 8.34. The smallest absolute Gasteiger partial charge is 0.120 e. The van der Waals surface area contributed by atoms with E-state index in [-0.39, 0.29) is 0 Å². The van der Waals surface area contributed by atoms with Gasteiger partial charge in [-0.2, -0.15) is 0 Å². The summed E-state index contributed by atoms with van der Waals surface area (Å²) in [6.45, 7) is 8.36. The molecule has 1 unspecified atom stereocenters. The number of hydrogen-bond donors (Lipinski definition) is 1. The zero-order valence-electron chi connectivity index (χ0n) is 13.8. The van der Waals surface area contributed by atoms with Crippen LogP contribution in [0.5, 0.6) is 5.75 Å². The first-order valence-corrected chi connectivity index (χ1v) is 9.14. The molecule has 0 saturated carbocycles. The summed E-state index contributed by atoms with van der Waals surface area (Å²) in [5.41, 5.74) is 1.28. The number of halogens is 1. The van der Waals surface area contributed by atoms with E-state index in [0.717, 1.165) is 29.8 Å². The van der Waals surface area contributed by atoms with Gasteiger partial charge in [-0.25, -0.2) is 0 Å². The second-order valence-electron chi connectivity index (χ2n) is 5.58. The minimum atomic E-state index is 0.358. The topological polar surface area (TPSA) is 21.3 Å². The Morgan fingerprint density at radius 2 is 1.81 bits per heavy atom. The fraction of sp³-hybridized carbons (Fsp3) is 0.667. The molecule has 0 radical (unpaired) electrons. The fourth-order valence-corrected chi connectivity index (χ4v) is 3.14. The van der Waals surface area contributed by atoms with Gasteiger partial charge in [0.1, 0.15) is 5.75 Å². The van der Waals surface area contributed by atoms with E-state index in [1.807, 2.05) is 0 Å². The van der Waals surface area contributed by atoms with E-state index in [9.17, 15) is 0 Å². The molecule has 0 saturated heterocycles. The van der Waals surface area contributed by atoms with Crippen LogP contribution in [0.15, 0.2) is 22.7 Å². The first kappa shape index (κ1) is 18.5. The van der Waals surface area contributed by atoms with E-state index in [0.29, 0.717) is 6.04 Å². The van der Waals surface area contributed by atoms with Gasteiger partial charge in [-0.3, -0.25) is 0 Å². The highest BCUT2D eigenvalue weighted by molar-refractivity contribution is 9.10. The molecule has 120 valence electrons. The molecular weight excluding hydrogens is 326 g/mol. The molecule has 1 rings (SSSR count). The van der Waals surface area contributed by atoms with Crippen LogP contribution in [0.4, 0.5) is 0 Å². The van der Waals surface area contributed by atoms with E-state index in [1.165, 1.54) is 37.7 Å². The van der Waals surface area contributed by atoms with Gasteiger partial charge in [0.2, 0.25) is 0 Å². The minimum absolute atomic E-state index is 0.358. The van der Waals surface area contributed by atoms with E-state index < -0.39 is 0 Å². The molecule has 3 heteroatoms. The maximum absolute atomic E-state index is 5.84.